The number of hydrogen-bond donors (Lipinski definition) is 2. The monoisotopic (exact) mass is 404 g/mol. The SMILES string of the molecule is CCN(CC)S(=O)(=O)c1ccc(CNC(=O)C[NH2+][C@H](C)c2ccccc2)cc1. The van der Waals surface area contributed by atoms with Crippen molar-refractivity contribution in [2.24, 2.45) is 0 Å². The third-order valence-corrected chi connectivity index (χ3v) is 6.80. The second-order valence-electron chi connectivity index (χ2n) is 6.65. The lowest BCUT2D eigenvalue weighted by atomic mass is 10.1. The molecule has 0 aliphatic rings. The first-order valence-electron chi connectivity index (χ1n) is 9.62. The van der Waals surface area contributed by atoms with Crippen molar-refractivity contribution < 1.29 is 18.5 Å². The van der Waals surface area contributed by atoms with Crippen molar-refractivity contribution in [3.8, 4) is 0 Å². The van der Waals surface area contributed by atoms with Gasteiger partial charge in [-0.05, 0) is 24.6 Å². The number of benzene rings is 2. The molecule has 0 radical (unpaired) electrons. The van der Waals surface area contributed by atoms with Gasteiger partial charge in [-0.3, -0.25) is 4.79 Å². The number of sulfonamides is 1. The molecule has 0 saturated heterocycles. The van der Waals surface area contributed by atoms with Crippen molar-refractivity contribution in [2.75, 3.05) is 19.6 Å². The highest BCUT2D eigenvalue weighted by Gasteiger charge is 2.21. The van der Waals surface area contributed by atoms with Crippen LogP contribution in [0.2, 0.25) is 0 Å². The van der Waals surface area contributed by atoms with Crippen LogP contribution in [0.3, 0.4) is 0 Å². The van der Waals surface area contributed by atoms with Gasteiger partial charge in [0.1, 0.15) is 6.04 Å². The zero-order valence-electron chi connectivity index (χ0n) is 16.8. The fourth-order valence-electron chi connectivity index (χ4n) is 2.94. The zero-order chi connectivity index (χ0) is 20.6. The van der Waals surface area contributed by atoms with E-state index in [-0.39, 0.29) is 16.8 Å². The summed E-state index contributed by atoms with van der Waals surface area (Å²) >= 11 is 0. The predicted octanol–water partition coefficient (Wildman–Crippen LogP) is 1.66. The molecule has 2 aromatic rings. The molecule has 0 fully saturated rings. The zero-order valence-corrected chi connectivity index (χ0v) is 17.6. The van der Waals surface area contributed by atoms with Crippen molar-refractivity contribution in [3.63, 3.8) is 0 Å². The second kappa shape index (κ2) is 10.4. The Labute approximate surface area is 168 Å². The van der Waals surface area contributed by atoms with Gasteiger partial charge in [0.05, 0.1) is 4.90 Å². The summed E-state index contributed by atoms with van der Waals surface area (Å²) < 4.78 is 26.4. The minimum atomic E-state index is -3.45. The lowest BCUT2D eigenvalue weighted by Crippen LogP contribution is -2.87. The summed E-state index contributed by atoms with van der Waals surface area (Å²) in [4.78, 5) is 12.4. The van der Waals surface area contributed by atoms with E-state index >= 15 is 0 Å². The van der Waals surface area contributed by atoms with Crippen LogP contribution >= 0.6 is 0 Å². The first kappa shape index (κ1) is 22.1. The van der Waals surface area contributed by atoms with Crippen molar-refractivity contribution in [1.82, 2.24) is 9.62 Å². The smallest absolute Gasteiger partial charge is 0.275 e. The molecule has 0 saturated carbocycles. The molecule has 1 atom stereocenters. The summed E-state index contributed by atoms with van der Waals surface area (Å²) in [5, 5.41) is 4.87. The lowest BCUT2D eigenvalue weighted by Gasteiger charge is -2.18. The van der Waals surface area contributed by atoms with Crippen LogP contribution in [-0.2, 0) is 21.4 Å². The highest BCUT2D eigenvalue weighted by atomic mass is 32.2. The maximum atomic E-state index is 12.5. The molecule has 152 valence electrons. The summed E-state index contributed by atoms with van der Waals surface area (Å²) in [6, 6.07) is 16.9. The Morgan fingerprint density at radius 2 is 1.64 bits per heavy atom. The normalized spacial score (nSPS) is 12.7. The standard InChI is InChI=1S/C21H29N3O3S/c1-4-24(5-2)28(26,27)20-13-11-18(12-14-20)15-23-21(25)16-22-17(3)19-9-7-6-8-10-19/h6-14,17,22H,4-5,15-16H2,1-3H3,(H,23,25)/p+1/t17-/m1/s1. The van der Waals surface area contributed by atoms with Gasteiger partial charge in [0.25, 0.3) is 5.91 Å². The van der Waals surface area contributed by atoms with Gasteiger partial charge >= 0.3 is 0 Å². The van der Waals surface area contributed by atoms with Crippen LogP contribution < -0.4 is 10.6 Å². The molecular formula is C21H30N3O3S+. The highest BCUT2D eigenvalue weighted by molar-refractivity contribution is 7.89. The predicted molar refractivity (Wildman–Crippen MR) is 110 cm³/mol. The first-order chi connectivity index (χ1) is 13.4. The van der Waals surface area contributed by atoms with Gasteiger partial charge in [-0.1, -0.05) is 56.3 Å². The van der Waals surface area contributed by atoms with Gasteiger partial charge in [0, 0.05) is 25.2 Å². The molecule has 7 heteroatoms. The maximum absolute atomic E-state index is 12.5. The van der Waals surface area contributed by atoms with E-state index in [0.29, 0.717) is 26.2 Å². The van der Waals surface area contributed by atoms with E-state index in [9.17, 15) is 13.2 Å². The van der Waals surface area contributed by atoms with Gasteiger partial charge < -0.3 is 10.6 Å². The van der Waals surface area contributed by atoms with E-state index in [1.807, 2.05) is 49.5 Å². The Morgan fingerprint density at radius 1 is 1.04 bits per heavy atom. The average Bonchev–Trinajstić information content (AvgIpc) is 2.72. The number of quaternary nitrogens is 1. The van der Waals surface area contributed by atoms with E-state index < -0.39 is 10.0 Å². The molecule has 0 aliphatic carbocycles. The molecule has 0 heterocycles. The molecule has 1 amide bonds. The van der Waals surface area contributed by atoms with E-state index in [4.69, 9.17) is 0 Å². The van der Waals surface area contributed by atoms with E-state index in [0.717, 1.165) is 5.56 Å². The lowest BCUT2D eigenvalue weighted by molar-refractivity contribution is -0.682. The van der Waals surface area contributed by atoms with Crippen LogP contribution in [0.15, 0.2) is 59.5 Å². The minimum absolute atomic E-state index is 0.0531. The number of carbonyl (C=O) groups excluding carboxylic acids is 1. The summed E-state index contributed by atoms with van der Waals surface area (Å²) in [6.07, 6.45) is 0. The number of carbonyl (C=O) groups is 1. The fraction of sp³-hybridized carbons (Fsp3) is 0.381. The molecule has 0 bridgehead atoms. The minimum Gasteiger partial charge on any atom is -0.347 e. The number of nitrogens with zero attached hydrogens (tertiary/aromatic N) is 1. The molecule has 2 rings (SSSR count). The van der Waals surface area contributed by atoms with Gasteiger partial charge in [-0.25, -0.2) is 8.42 Å². The van der Waals surface area contributed by atoms with Crippen LogP contribution in [0.5, 0.6) is 0 Å². The number of rotatable bonds is 10. The summed E-state index contributed by atoms with van der Waals surface area (Å²) in [7, 11) is -3.45. The van der Waals surface area contributed by atoms with Crippen LogP contribution in [0, 0.1) is 0 Å². The van der Waals surface area contributed by atoms with Crippen molar-refractivity contribution >= 4 is 15.9 Å². The molecule has 2 aromatic carbocycles. The number of nitrogens with two attached hydrogens (primary N) is 1. The average molecular weight is 405 g/mol. The fourth-order valence-corrected chi connectivity index (χ4v) is 4.40. The Balaban J connectivity index is 1.85. The molecule has 6 nitrogen and oxygen atoms in total. The molecule has 0 aliphatic heterocycles. The van der Waals surface area contributed by atoms with E-state index in [1.165, 1.54) is 9.87 Å². The van der Waals surface area contributed by atoms with Crippen molar-refractivity contribution in [1.29, 1.82) is 0 Å². The van der Waals surface area contributed by atoms with Crippen molar-refractivity contribution in [2.45, 2.75) is 38.3 Å². The second-order valence-corrected chi connectivity index (χ2v) is 8.59. The number of amides is 1. The van der Waals surface area contributed by atoms with Crippen LogP contribution in [0.25, 0.3) is 0 Å². The Kier molecular flexibility index (Phi) is 8.17. The van der Waals surface area contributed by atoms with E-state index in [2.05, 4.69) is 12.2 Å². The van der Waals surface area contributed by atoms with E-state index in [1.54, 1.807) is 24.3 Å². The summed E-state index contributed by atoms with van der Waals surface area (Å²) in [5.74, 6) is -0.0531. The maximum Gasteiger partial charge on any atom is 0.275 e. The van der Waals surface area contributed by atoms with Crippen LogP contribution in [0.4, 0.5) is 0 Å². The topological polar surface area (TPSA) is 83.1 Å². The van der Waals surface area contributed by atoms with Gasteiger partial charge in [-0.2, -0.15) is 4.31 Å². The van der Waals surface area contributed by atoms with Crippen LogP contribution in [0.1, 0.15) is 37.9 Å². The summed E-state index contributed by atoms with van der Waals surface area (Å²) in [5.41, 5.74) is 2.04. The van der Waals surface area contributed by atoms with Gasteiger partial charge in [-0.15, -0.1) is 0 Å². The molecule has 3 N–H and O–H groups in total. The molecule has 0 spiro atoms. The Morgan fingerprint density at radius 3 is 2.21 bits per heavy atom. The van der Waals surface area contributed by atoms with Gasteiger partial charge in [0.15, 0.2) is 6.54 Å². The highest BCUT2D eigenvalue weighted by Crippen LogP contribution is 2.16. The first-order valence-corrected chi connectivity index (χ1v) is 11.1. The molecule has 28 heavy (non-hydrogen) atoms. The molecular weight excluding hydrogens is 374 g/mol. The largest absolute Gasteiger partial charge is 0.347 e. The number of nitrogens with one attached hydrogen (secondary N) is 1. The van der Waals surface area contributed by atoms with Crippen molar-refractivity contribution in [3.05, 3.63) is 65.7 Å². The quantitative estimate of drug-likeness (QED) is 0.632. The third-order valence-electron chi connectivity index (χ3n) is 4.74. The molecule has 0 aromatic heterocycles. The Hall–Kier alpha value is -2.22. The number of hydrogen-bond acceptors (Lipinski definition) is 3. The van der Waals surface area contributed by atoms with Crippen LogP contribution in [-0.4, -0.2) is 38.3 Å². The Bertz CT molecular complexity index is 848. The third kappa shape index (κ3) is 5.89. The summed E-state index contributed by atoms with van der Waals surface area (Å²) in [6.45, 7) is 7.30. The molecule has 0 unspecified atom stereocenters. The van der Waals surface area contributed by atoms with Gasteiger partial charge in [0.2, 0.25) is 10.0 Å².